The summed E-state index contributed by atoms with van der Waals surface area (Å²) in [6.45, 7) is 0.368. The molecule has 1 amide bonds. The molecule has 0 spiro atoms. The molecule has 0 unspecified atom stereocenters. The highest BCUT2D eigenvalue weighted by atomic mass is 16.4. The number of H-pyrrole nitrogens is 1. The van der Waals surface area contributed by atoms with E-state index in [1.54, 1.807) is 36.7 Å². The van der Waals surface area contributed by atoms with Gasteiger partial charge in [-0.2, -0.15) is 0 Å². The number of hydrogen-bond donors (Lipinski definition) is 2. The molecule has 0 fully saturated rings. The van der Waals surface area contributed by atoms with Gasteiger partial charge < -0.3 is 14.7 Å². The van der Waals surface area contributed by atoms with Crippen LogP contribution in [0, 0.1) is 0 Å². The fraction of sp³-hybridized carbons (Fsp3) is 0.143. The van der Waals surface area contributed by atoms with Crippen LogP contribution < -0.4 is 11.1 Å². The molecule has 6 heteroatoms. The first-order chi connectivity index (χ1) is 9.74. The van der Waals surface area contributed by atoms with Gasteiger partial charge in [0.15, 0.2) is 5.58 Å². The summed E-state index contributed by atoms with van der Waals surface area (Å²) in [6, 6.07) is 8.90. The number of fused-ring (bicyclic) bond motifs is 1. The second kappa shape index (κ2) is 5.08. The minimum Gasteiger partial charge on any atom is -0.408 e. The number of aromatic amines is 1. The maximum Gasteiger partial charge on any atom is 0.420 e. The van der Waals surface area contributed by atoms with E-state index in [9.17, 15) is 9.59 Å². The molecule has 0 bridgehead atoms. The Hall–Kier alpha value is -2.76. The molecule has 3 rings (SSSR count). The van der Waals surface area contributed by atoms with Crippen LogP contribution in [-0.4, -0.2) is 15.5 Å². The molecule has 6 nitrogen and oxygen atoms in total. The Bertz CT molecular complexity index is 783. The van der Waals surface area contributed by atoms with Crippen molar-refractivity contribution in [2.24, 2.45) is 0 Å². The van der Waals surface area contributed by atoms with E-state index in [1.165, 1.54) is 4.57 Å². The molecule has 0 saturated heterocycles. The van der Waals surface area contributed by atoms with Gasteiger partial charge in [-0.05, 0) is 23.8 Å². The minimum atomic E-state index is -0.525. The quantitative estimate of drug-likeness (QED) is 0.749. The number of aromatic nitrogens is 2. The number of benzene rings is 1. The monoisotopic (exact) mass is 271 g/mol. The smallest absolute Gasteiger partial charge is 0.408 e. The molecule has 2 N–H and O–H groups in total. The third-order valence-electron chi connectivity index (χ3n) is 3.03. The van der Waals surface area contributed by atoms with Gasteiger partial charge in [0.25, 0.3) is 0 Å². The number of rotatable bonds is 4. The van der Waals surface area contributed by atoms with Gasteiger partial charge >= 0.3 is 5.76 Å². The Morgan fingerprint density at radius 1 is 1.30 bits per heavy atom. The predicted octanol–water partition coefficient (Wildman–Crippen LogP) is 1.24. The highest BCUT2D eigenvalue weighted by Crippen LogP contribution is 2.11. The Morgan fingerprint density at radius 3 is 2.95 bits per heavy atom. The SMILES string of the molecule is O=C(Cn1c(=O)oc2ccccc21)NCc1cc[nH]c1. The van der Waals surface area contributed by atoms with Gasteiger partial charge in [0.2, 0.25) is 5.91 Å². The molecule has 2 aromatic heterocycles. The number of oxazole rings is 1. The largest absolute Gasteiger partial charge is 0.420 e. The fourth-order valence-corrected chi connectivity index (χ4v) is 2.03. The molecular formula is C14H13N3O3. The van der Waals surface area contributed by atoms with Gasteiger partial charge in [0.1, 0.15) is 6.54 Å². The zero-order valence-corrected chi connectivity index (χ0v) is 10.6. The Balaban J connectivity index is 1.74. The lowest BCUT2D eigenvalue weighted by Gasteiger charge is -2.04. The van der Waals surface area contributed by atoms with Crippen LogP contribution in [0.3, 0.4) is 0 Å². The second-order valence-corrected chi connectivity index (χ2v) is 4.42. The van der Waals surface area contributed by atoms with Crippen LogP contribution in [0.4, 0.5) is 0 Å². The average Bonchev–Trinajstić information content (AvgIpc) is 3.06. The zero-order valence-electron chi connectivity index (χ0n) is 10.6. The fourth-order valence-electron chi connectivity index (χ4n) is 2.03. The third kappa shape index (κ3) is 2.35. The summed E-state index contributed by atoms with van der Waals surface area (Å²) in [4.78, 5) is 26.5. The summed E-state index contributed by atoms with van der Waals surface area (Å²) in [5.41, 5.74) is 2.08. The van der Waals surface area contributed by atoms with Crippen LogP contribution in [-0.2, 0) is 17.9 Å². The molecule has 0 atom stereocenters. The van der Waals surface area contributed by atoms with Gasteiger partial charge in [0.05, 0.1) is 5.52 Å². The van der Waals surface area contributed by atoms with Crippen molar-refractivity contribution < 1.29 is 9.21 Å². The van der Waals surface area contributed by atoms with Crippen LogP contribution in [0.2, 0.25) is 0 Å². The summed E-state index contributed by atoms with van der Waals surface area (Å²) >= 11 is 0. The van der Waals surface area contributed by atoms with E-state index in [0.717, 1.165) is 5.56 Å². The maximum atomic E-state index is 11.9. The van der Waals surface area contributed by atoms with E-state index in [0.29, 0.717) is 17.6 Å². The molecule has 1 aromatic carbocycles. The lowest BCUT2D eigenvalue weighted by atomic mass is 10.3. The van der Waals surface area contributed by atoms with Crippen molar-refractivity contribution in [2.75, 3.05) is 0 Å². The Kier molecular flexibility index (Phi) is 3.12. The lowest BCUT2D eigenvalue weighted by molar-refractivity contribution is -0.121. The van der Waals surface area contributed by atoms with Crippen molar-refractivity contribution in [2.45, 2.75) is 13.1 Å². The highest BCUT2D eigenvalue weighted by molar-refractivity contribution is 5.79. The first-order valence-corrected chi connectivity index (χ1v) is 6.21. The summed E-state index contributed by atoms with van der Waals surface area (Å²) in [5, 5.41) is 2.75. The van der Waals surface area contributed by atoms with E-state index >= 15 is 0 Å². The maximum absolute atomic E-state index is 11.9. The van der Waals surface area contributed by atoms with Crippen LogP contribution >= 0.6 is 0 Å². The predicted molar refractivity (Wildman–Crippen MR) is 73.1 cm³/mol. The van der Waals surface area contributed by atoms with Crippen molar-refractivity contribution in [3.05, 3.63) is 58.8 Å². The van der Waals surface area contributed by atoms with Gasteiger partial charge in [-0.1, -0.05) is 12.1 Å². The standard InChI is InChI=1S/C14H13N3O3/c18-13(16-8-10-5-6-15-7-10)9-17-11-3-1-2-4-12(11)20-14(17)19/h1-7,15H,8-9H2,(H,16,18). The van der Waals surface area contributed by atoms with Gasteiger partial charge in [-0.15, -0.1) is 0 Å². The number of carbonyl (C=O) groups excluding carboxylic acids is 1. The zero-order chi connectivity index (χ0) is 13.9. The van der Waals surface area contributed by atoms with Crippen LogP contribution in [0.5, 0.6) is 0 Å². The third-order valence-corrected chi connectivity index (χ3v) is 3.03. The molecule has 0 saturated carbocycles. The highest BCUT2D eigenvalue weighted by Gasteiger charge is 2.11. The molecule has 20 heavy (non-hydrogen) atoms. The first kappa shape index (κ1) is 12.3. The summed E-state index contributed by atoms with van der Waals surface area (Å²) in [7, 11) is 0. The van der Waals surface area contributed by atoms with Crippen molar-refractivity contribution in [3.63, 3.8) is 0 Å². The molecule has 102 valence electrons. The Labute approximate surface area is 114 Å². The van der Waals surface area contributed by atoms with E-state index < -0.39 is 5.76 Å². The molecular weight excluding hydrogens is 258 g/mol. The summed E-state index contributed by atoms with van der Waals surface area (Å²) in [5.74, 6) is -0.761. The van der Waals surface area contributed by atoms with Crippen LogP contribution in [0.1, 0.15) is 5.56 Å². The van der Waals surface area contributed by atoms with Gasteiger partial charge in [-0.3, -0.25) is 9.36 Å². The number of para-hydroxylation sites is 2. The molecule has 0 radical (unpaired) electrons. The molecule has 2 heterocycles. The second-order valence-electron chi connectivity index (χ2n) is 4.42. The van der Waals surface area contributed by atoms with Crippen molar-refractivity contribution >= 4 is 17.0 Å². The normalized spacial score (nSPS) is 10.8. The van der Waals surface area contributed by atoms with Gasteiger partial charge in [0, 0.05) is 18.9 Å². The lowest BCUT2D eigenvalue weighted by Crippen LogP contribution is -2.30. The van der Waals surface area contributed by atoms with E-state index in [-0.39, 0.29) is 12.5 Å². The van der Waals surface area contributed by atoms with Crippen molar-refractivity contribution in [3.8, 4) is 0 Å². The molecule has 0 aliphatic heterocycles. The number of nitrogens with one attached hydrogen (secondary N) is 2. The van der Waals surface area contributed by atoms with E-state index in [4.69, 9.17) is 4.42 Å². The Morgan fingerprint density at radius 2 is 2.15 bits per heavy atom. The number of nitrogens with zero attached hydrogens (tertiary/aromatic N) is 1. The molecule has 0 aliphatic rings. The van der Waals surface area contributed by atoms with Crippen molar-refractivity contribution in [1.82, 2.24) is 14.9 Å². The van der Waals surface area contributed by atoms with Gasteiger partial charge in [-0.25, -0.2) is 4.79 Å². The van der Waals surface area contributed by atoms with Crippen LogP contribution in [0.25, 0.3) is 11.1 Å². The first-order valence-electron chi connectivity index (χ1n) is 6.21. The summed E-state index contributed by atoms with van der Waals surface area (Å²) < 4.78 is 6.39. The van der Waals surface area contributed by atoms with Crippen LogP contribution in [0.15, 0.2) is 51.9 Å². The van der Waals surface area contributed by atoms with Crippen molar-refractivity contribution in [1.29, 1.82) is 0 Å². The average molecular weight is 271 g/mol. The number of amides is 1. The molecule has 3 aromatic rings. The minimum absolute atomic E-state index is 0.0553. The number of hydrogen-bond acceptors (Lipinski definition) is 3. The topological polar surface area (TPSA) is 80.0 Å². The summed E-state index contributed by atoms with van der Waals surface area (Å²) in [6.07, 6.45) is 3.59. The molecule has 0 aliphatic carbocycles. The number of carbonyl (C=O) groups is 1. The van der Waals surface area contributed by atoms with E-state index in [2.05, 4.69) is 10.3 Å². The van der Waals surface area contributed by atoms with E-state index in [1.807, 2.05) is 6.07 Å².